The van der Waals surface area contributed by atoms with Crippen LogP contribution in [0.1, 0.15) is 32.3 Å². The Bertz CT molecular complexity index is 621. The van der Waals surface area contributed by atoms with E-state index < -0.39 is 5.41 Å². The summed E-state index contributed by atoms with van der Waals surface area (Å²) >= 11 is 0. The summed E-state index contributed by atoms with van der Waals surface area (Å²) in [5, 5.41) is 3.03. The molecule has 0 radical (unpaired) electrons. The Morgan fingerprint density at radius 3 is 2.78 bits per heavy atom. The van der Waals surface area contributed by atoms with Crippen LogP contribution in [-0.4, -0.2) is 29.1 Å². The van der Waals surface area contributed by atoms with Gasteiger partial charge in [-0.1, -0.05) is 18.2 Å². The summed E-state index contributed by atoms with van der Waals surface area (Å²) in [5.74, 6) is 0.761. The largest absolute Gasteiger partial charge is 0.496 e. The lowest BCUT2D eigenvalue weighted by atomic mass is 9.83. The fraction of sp³-hybridized carbons (Fsp3) is 0.444. The van der Waals surface area contributed by atoms with Crippen LogP contribution < -0.4 is 10.1 Å². The molecular formula is C18H25N3O2. The number of carbonyl (C=O) groups excluding carboxylic acids is 1. The number of nitrogens with zero attached hydrogens (tertiary/aromatic N) is 2. The van der Waals surface area contributed by atoms with E-state index in [1.165, 1.54) is 0 Å². The van der Waals surface area contributed by atoms with Crippen molar-refractivity contribution in [1.29, 1.82) is 0 Å². The minimum absolute atomic E-state index is 0.0182. The van der Waals surface area contributed by atoms with E-state index >= 15 is 0 Å². The Labute approximate surface area is 137 Å². The lowest BCUT2D eigenvalue weighted by molar-refractivity contribution is -0.125. The molecule has 0 aliphatic carbocycles. The molecule has 0 saturated heterocycles. The van der Waals surface area contributed by atoms with Gasteiger partial charge < -0.3 is 14.6 Å². The van der Waals surface area contributed by atoms with Gasteiger partial charge >= 0.3 is 0 Å². The highest BCUT2D eigenvalue weighted by atomic mass is 16.5. The third-order valence-corrected chi connectivity index (χ3v) is 4.04. The van der Waals surface area contributed by atoms with Gasteiger partial charge in [0.05, 0.1) is 18.9 Å². The molecule has 0 unspecified atom stereocenters. The number of nitrogens with one attached hydrogen (secondary N) is 1. The Morgan fingerprint density at radius 1 is 1.30 bits per heavy atom. The zero-order valence-electron chi connectivity index (χ0n) is 14.1. The van der Waals surface area contributed by atoms with Crippen molar-refractivity contribution in [3.05, 3.63) is 48.5 Å². The molecule has 1 amide bonds. The quantitative estimate of drug-likeness (QED) is 0.762. The van der Waals surface area contributed by atoms with E-state index in [-0.39, 0.29) is 5.91 Å². The van der Waals surface area contributed by atoms with Gasteiger partial charge in [0.1, 0.15) is 5.75 Å². The van der Waals surface area contributed by atoms with Crippen LogP contribution in [-0.2, 0) is 16.8 Å². The topological polar surface area (TPSA) is 56.1 Å². The summed E-state index contributed by atoms with van der Waals surface area (Å²) in [4.78, 5) is 16.6. The SMILES string of the molecule is COc1ccccc1C(C)(C)C(=O)NCCCCn1ccnc1. The molecule has 0 aliphatic rings. The summed E-state index contributed by atoms with van der Waals surface area (Å²) in [6, 6.07) is 7.66. The predicted octanol–water partition coefficient (Wildman–Crippen LogP) is 2.77. The first-order chi connectivity index (χ1) is 11.1. The first-order valence-electron chi connectivity index (χ1n) is 7.93. The minimum Gasteiger partial charge on any atom is -0.496 e. The molecule has 2 rings (SSSR count). The molecule has 0 atom stereocenters. The van der Waals surface area contributed by atoms with Crippen molar-refractivity contribution in [2.75, 3.05) is 13.7 Å². The second-order valence-electron chi connectivity index (χ2n) is 6.09. The van der Waals surface area contributed by atoms with Gasteiger partial charge in [0.25, 0.3) is 0 Å². The Balaban J connectivity index is 1.84. The van der Waals surface area contributed by atoms with E-state index in [1.54, 1.807) is 13.3 Å². The number of aromatic nitrogens is 2. The zero-order chi connectivity index (χ0) is 16.7. The van der Waals surface area contributed by atoms with Crippen LogP contribution in [0, 0.1) is 0 Å². The molecule has 1 N–H and O–H groups in total. The van der Waals surface area contributed by atoms with Crippen molar-refractivity contribution in [2.24, 2.45) is 0 Å². The zero-order valence-corrected chi connectivity index (χ0v) is 14.1. The second-order valence-corrected chi connectivity index (χ2v) is 6.09. The Kier molecular flexibility index (Phi) is 5.79. The fourth-order valence-corrected chi connectivity index (χ4v) is 2.54. The van der Waals surface area contributed by atoms with Crippen molar-refractivity contribution >= 4 is 5.91 Å². The van der Waals surface area contributed by atoms with Crippen molar-refractivity contribution in [3.63, 3.8) is 0 Å². The summed E-state index contributed by atoms with van der Waals surface area (Å²) in [6.07, 6.45) is 7.47. The first kappa shape index (κ1) is 17.1. The molecule has 124 valence electrons. The molecular weight excluding hydrogens is 290 g/mol. The minimum atomic E-state index is -0.628. The van der Waals surface area contributed by atoms with E-state index in [0.717, 1.165) is 30.7 Å². The number of imidazole rings is 1. The summed E-state index contributed by atoms with van der Waals surface area (Å²) in [6.45, 7) is 5.44. The second kappa shape index (κ2) is 7.81. The molecule has 5 nitrogen and oxygen atoms in total. The van der Waals surface area contributed by atoms with E-state index in [0.29, 0.717) is 6.54 Å². The van der Waals surface area contributed by atoms with Crippen molar-refractivity contribution < 1.29 is 9.53 Å². The third-order valence-electron chi connectivity index (χ3n) is 4.04. The smallest absolute Gasteiger partial charge is 0.230 e. The normalized spacial score (nSPS) is 11.3. The number of unbranched alkanes of at least 4 members (excludes halogenated alkanes) is 1. The van der Waals surface area contributed by atoms with Gasteiger partial charge in [-0.25, -0.2) is 4.98 Å². The van der Waals surface area contributed by atoms with E-state index in [9.17, 15) is 4.79 Å². The summed E-state index contributed by atoms with van der Waals surface area (Å²) in [5.41, 5.74) is 0.273. The highest BCUT2D eigenvalue weighted by Crippen LogP contribution is 2.31. The van der Waals surface area contributed by atoms with Gasteiger partial charge in [0, 0.05) is 31.0 Å². The highest BCUT2D eigenvalue weighted by molar-refractivity contribution is 5.88. The molecule has 0 saturated carbocycles. The average molecular weight is 315 g/mol. The molecule has 23 heavy (non-hydrogen) atoms. The lowest BCUT2D eigenvalue weighted by Crippen LogP contribution is -2.40. The van der Waals surface area contributed by atoms with Crippen LogP contribution in [0.25, 0.3) is 0 Å². The fourth-order valence-electron chi connectivity index (χ4n) is 2.54. The molecule has 1 aromatic heterocycles. The van der Waals surface area contributed by atoms with Crippen molar-refractivity contribution in [2.45, 2.75) is 38.6 Å². The third kappa shape index (κ3) is 4.34. The van der Waals surface area contributed by atoms with Gasteiger partial charge in [-0.15, -0.1) is 0 Å². The monoisotopic (exact) mass is 315 g/mol. The lowest BCUT2D eigenvalue weighted by Gasteiger charge is -2.26. The van der Waals surface area contributed by atoms with Gasteiger partial charge in [0.15, 0.2) is 0 Å². The van der Waals surface area contributed by atoms with Crippen LogP contribution in [0.3, 0.4) is 0 Å². The summed E-state index contributed by atoms with van der Waals surface area (Å²) in [7, 11) is 1.63. The van der Waals surface area contributed by atoms with Gasteiger partial charge in [0.2, 0.25) is 5.91 Å². The predicted molar refractivity (Wildman–Crippen MR) is 90.5 cm³/mol. The number of amides is 1. The molecule has 0 spiro atoms. The average Bonchev–Trinajstić information content (AvgIpc) is 3.07. The van der Waals surface area contributed by atoms with E-state index in [4.69, 9.17) is 4.74 Å². The molecule has 0 fully saturated rings. The number of para-hydroxylation sites is 1. The number of ether oxygens (including phenoxy) is 1. The number of hydrogen-bond donors (Lipinski definition) is 1. The standard InChI is InChI=1S/C18H25N3O2/c1-18(2,15-8-4-5-9-16(15)23-3)17(22)20-10-6-7-12-21-13-11-19-14-21/h4-5,8-9,11,13-14H,6-7,10,12H2,1-3H3,(H,20,22). The van der Waals surface area contributed by atoms with Crippen LogP contribution in [0.15, 0.2) is 43.0 Å². The maximum Gasteiger partial charge on any atom is 0.230 e. The van der Waals surface area contributed by atoms with Crippen LogP contribution in [0.4, 0.5) is 0 Å². The molecule has 1 heterocycles. The maximum atomic E-state index is 12.5. The van der Waals surface area contributed by atoms with E-state index in [2.05, 4.69) is 10.3 Å². The van der Waals surface area contributed by atoms with Gasteiger partial charge in [-0.3, -0.25) is 4.79 Å². The van der Waals surface area contributed by atoms with Gasteiger partial charge in [-0.2, -0.15) is 0 Å². The molecule has 0 aliphatic heterocycles. The van der Waals surface area contributed by atoms with E-state index in [1.807, 2.05) is 55.2 Å². The molecule has 0 bridgehead atoms. The number of methoxy groups -OCH3 is 1. The molecule has 5 heteroatoms. The number of benzene rings is 1. The number of rotatable bonds is 8. The van der Waals surface area contributed by atoms with Crippen LogP contribution >= 0.6 is 0 Å². The Hall–Kier alpha value is -2.30. The number of carbonyl (C=O) groups is 1. The molecule has 2 aromatic rings. The summed E-state index contributed by atoms with van der Waals surface area (Å²) < 4.78 is 7.42. The highest BCUT2D eigenvalue weighted by Gasteiger charge is 2.32. The van der Waals surface area contributed by atoms with Gasteiger partial charge in [-0.05, 0) is 32.8 Å². The maximum absolute atomic E-state index is 12.5. The van der Waals surface area contributed by atoms with Crippen LogP contribution in [0.5, 0.6) is 5.75 Å². The van der Waals surface area contributed by atoms with Crippen molar-refractivity contribution in [1.82, 2.24) is 14.9 Å². The first-order valence-corrected chi connectivity index (χ1v) is 7.93. The number of aryl methyl sites for hydroxylation is 1. The number of hydrogen-bond acceptors (Lipinski definition) is 3. The van der Waals surface area contributed by atoms with Crippen LogP contribution in [0.2, 0.25) is 0 Å². The Morgan fingerprint density at radius 2 is 2.09 bits per heavy atom. The molecule has 1 aromatic carbocycles. The van der Waals surface area contributed by atoms with Crippen molar-refractivity contribution in [3.8, 4) is 5.75 Å².